The highest BCUT2D eigenvalue weighted by atomic mass is 35.5. The number of benzene rings is 3. The number of unbranched alkanes of at least 4 members (excludes halogenated alkanes) is 1. The molecule has 1 amide bonds. The second kappa shape index (κ2) is 15.0. The van der Waals surface area contributed by atoms with Crippen LogP contribution < -0.4 is 5.32 Å². The predicted molar refractivity (Wildman–Crippen MR) is 157 cm³/mol. The Labute approximate surface area is 234 Å². The van der Waals surface area contributed by atoms with Crippen molar-refractivity contribution < 1.29 is 19.4 Å². The number of hydrogen-bond acceptors (Lipinski definition) is 4. The molecule has 3 aromatic carbocycles. The third-order valence-corrected chi connectivity index (χ3v) is 7.35. The van der Waals surface area contributed by atoms with E-state index in [9.17, 15) is 14.7 Å². The molecule has 0 heterocycles. The maximum absolute atomic E-state index is 13.3. The van der Waals surface area contributed by atoms with E-state index in [2.05, 4.69) is 12.2 Å². The van der Waals surface area contributed by atoms with Crippen LogP contribution in [-0.2, 0) is 16.1 Å². The molecule has 0 saturated carbocycles. The van der Waals surface area contributed by atoms with E-state index in [1.54, 1.807) is 17.8 Å². The lowest BCUT2D eigenvalue weighted by Crippen LogP contribution is -2.41. The number of ether oxygens (including phenoxy) is 1. The fourth-order valence-electron chi connectivity index (χ4n) is 4.35. The number of carbonyl (C=O) groups excluding carboxylic acids is 1. The van der Waals surface area contributed by atoms with Crippen LogP contribution in [0.2, 0.25) is 5.02 Å². The highest BCUT2D eigenvalue weighted by Gasteiger charge is 2.23. The Morgan fingerprint density at radius 2 is 1.82 bits per heavy atom. The number of carboxylic acids is 1. The Bertz CT molecular complexity index is 1230. The zero-order valence-corrected chi connectivity index (χ0v) is 23.8. The molecule has 0 aliphatic carbocycles. The summed E-state index contributed by atoms with van der Waals surface area (Å²) in [6, 6.07) is 20.3. The van der Waals surface area contributed by atoms with E-state index in [1.165, 1.54) is 0 Å². The van der Waals surface area contributed by atoms with Gasteiger partial charge in [-0.3, -0.25) is 4.79 Å². The number of halogens is 1. The van der Waals surface area contributed by atoms with Gasteiger partial charge in [0.15, 0.2) is 0 Å². The van der Waals surface area contributed by atoms with Crippen LogP contribution in [0.3, 0.4) is 0 Å². The first kappa shape index (κ1) is 29.8. The average molecular weight is 554 g/mol. The lowest BCUT2D eigenvalue weighted by atomic mass is 9.93. The summed E-state index contributed by atoms with van der Waals surface area (Å²) in [6.45, 7) is 4.52. The zero-order chi connectivity index (χ0) is 27.5. The second-order valence-electron chi connectivity index (χ2n) is 9.34. The highest BCUT2D eigenvalue weighted by molar-refractivity contribution is 7.98. The Hall–Kier alpha value is -2.80. The predicted octanol–water partition coefficient (Wildman–Crippen LogP) is 7.70. The van der Waals surface area contributed by atoms with E-state index < -0.39 is 17.9 Å². The van der Waals surface area contributed by atoms with Gasteiger partial charge in [-0.25, -0.2) is 4.79 Å². The standard InChI is InChI=1S/C31H36ClNO4S/c1-4-5-13-29(23-10-8-11-24(32)19-23)37-20-22-14-15-26(27(18-22)25-12-7-6-9-21(25)2)30(34)33-28(31(35)36)16-17-38-3/h6-12,14-15,18-19,28-29H,4-5,13,16-17,20H2,1-3H3,(H,33,34)(H,35,36)/t28-,29-/m0/s1. The lowest BCUT2D eigenvalue weighted by Gasteiger charge is -2.20. The number of aliphatic carboxylic acids is 1. The molecule has 0 aromatic heterocycles. The molecule has 202 valence electrons. The number of thioether (sulfide) groups is 1. The fraction of sp³-hybridized carbons (Fsp3) is 0.355. The molecule has 0 bridgehead atoms. The maximum atomic E-state index is 13.3. The van der Waals surface area contributed by atoms with Gasteiger partial charge in [0.1, 0.15) is 6.04 Å². The Kier molecular flexibility index (Phi) is 11.7. The van der Waals surface area contributed by atoms with Crippen molar-refractivity contribution in [3.8, 4) is 11.1 Å². The number of amides is 1. The van der Waals surface area contributed by atoms with E-state index in [0.29, 0.717) is 29.4 Å². The largest absolute Gasteiger partial charge is 0.480 e. The lowest BCUT2D eigenvalue weighted by molar-refractivity contribution is -0.139. The molecular formula is C31H36ClNO4S. The average Bonchev–Trinajstić information content (AvgIpc) is 2.91. The normalized spacial score (nSPS) is 12.6. The number of nitrogens with one attached hydrogen (secondary N) is 1. The highest BCUT2D eigenvalue weighted by Crippen LogP contribution is 2.31. The molecule has 5 nitrogen and oxygen atoms in total. The van der Waals surface area contributed by atoms with Gasteiger partial charge in [0.05, 0.1) is 12.7 Å². The van der Waals surface area contributed by atoms with Crippen LogP contribution in [0.25, 0.3) is 11.1 Å². The SMILES string of the molecule is CCCC[C@H](OCc1ccc(C(=O)N[C@@H](CCSC)C(=O)O)c(-c2ccccc2C)c1)c1cccc(Cl)c1. The Morgan fingerprint density at radius 1 is 1.03 bits per heavy atom. The number of hydrogen-bond donors (Lipinski definition) is 2. The number of rotatable bonds is 14. The van der Waals surface area contributed by atoms with E-state index in [0.717, 1.165) is 47.1 Å². The van der Waals surface area contributed by atoms with Crippen molar-refractivity contribution in [2.45, 2.75) is 58.3 Å². The van der Waals surface area contributed by atoms with Gasteiger partial charge in [-0.1, -0.05) is 73.8 Å². The molecule has 0 fully saturated rings. The van der Waals surface area contributed by atoms with Crippen LogP contribution in [0.15, 0.2) is 66.7 Å². The Morgan fingerprint density at radius 3 is 2.50 bits per heavy atom. The van der Waals surface area contributed by atoms with Crippen molar-refractivity contribution >= 4 is 35.2 Å². The number of aryl methyl sites for hydroxylation is 1. The minimum Gasteiger partial charge on any atom is -0.480 e. The first-order chi connectivity index (χ1) is 18.3. The smallest absolute Gasteiger partial charge is 0.326 e. The van der Waals surface area contributed by atoms with Crippen LogP contribution in [0.1, 0.15) is 65.8 Å². The summed E-state index contributed by atoms with van der Waals surface area (Å²) in [7, 11) is 0. The van der Waals surface area contributed by atoms with Crippen molar-refractivity contribution in [3.63, 3.8) is 0 Å². The van der Waals surface area contributed by atoms with Gasteiger partial charge in [-0.15, -0.1) is 0 Å². The minimum atomic E-state index is -1.03. The van der Waals surface area contributed by atoms with Crippen molar-refractivity contribution in [1.29, 1.82) is 0 Å². The van der Waals surface area contributed by atoms with Crippen LogP contribution >= 0.6 is 23.4 Å². The number of carboxylic acid groups (broad SMARTS) is 1. The van der Waals surface area contributed by atoms with Crippen LogP contribution in [0.4, 0.5) is 0 Å². The summed E-state index contributed by atoms with van der Waals surface area (Å²) in [5.41, 5.74) is 5.12. The van der Waals surface area contributed by atoms with Crippen molar-refractivity contribution in [3.05, 3.63) is 94.0 Å². The quantitative estimate of drug-likeness (QED) is 0.214. The summed E-state index contributed by atoms with van der Waals surface area (Å²) >= 11 is 7.79. The summed E-state index contributed by atoms with van der Waals surface area (Å²) in [5.74, 6) is -0.790. The molecule has 0 radical (unpaired) electrons. The molecule has 0 aliphatic rings. The van der Waals surface area contributed by atoms with Gasteiger partial charge in [0.25, 0.3) is 5.91 Å². The van der Waals surface area contributed by atoms with Crippen molar-refractivity contribution in [2.75, 3.05) is 12.0 Å². The van der Waals surface area contributed by atoms with Crippen LogP contribution in [0, 0.1) is 6.92 Å². The zero-order valence-electron chi connectivity index (χ0n) is 22.2. The first-order valence-electron chi connectivity index (χ1n) is 12.9. The van der Waals surface area contributed by atoms with Gasteiger partial charge in [-0.05, 0) is 83.9 Å². The first-order valence-corrected chi connectivity index (χ1v) is 14.7. The molecular weight excluding hydrogens is 518 g/mol. The summed E-state index contributed by atoms with van der Waals surface area (Å²) in [5, 5.41) is 13.0. The number of carbonyl (C=O) groups is 2. The van der Waals surface area contributed by atoms with Crippen molar-refractivity contribution in [1.82, 2.24) is 5.32 Å². The van der Waals surface area contributed by atoms with Gasteiger partial charge < -0.3 is 15.2 Å². The van der Waals surface area contributed by atoms with E-state index in [4.69, 9.17) is 16.3 Å². The van der Waals surface area contributed by atoms with E-state index in [-0.39, 0.29) is 6.10 Å². The third-order valence-electron chi connectivity index (χ3n) is 6.47. The molecule has 2 atom stereocenters. The molecule has 3 aromatic rings. The van der Waals surface area contributed by atoms with Crippen LogP contribution in [-0.4, -0.2) is 35.0 Å². The molecule has 7 heteroatoms. The molecule has 38 heavy (non-hydrogen) atoms. The van der Waals surface area contributed by atoms with E-state index >= 15 is 0 Å². The topological polar surface area (TPSA) is 75.6 Å². The Balaban J connectivity index is 1.90. The maximum Gasteiger partial charge on any atom is 0.326 e. The third kappa shape index (κ3) is 8.35. The molecule has 0 unspecified atom stereocenters. The van der Waals surface area contributed by atoms with Gasteiger partial charge in [0.2, 0.25) is 0 Å². The van der Waals surface area contributed by atoms with E-state index in [1.807, 2.05) is 73.8 Å². The molecule has 3 rings (SSSR count). The molecule has 0 aliphatic heterocycles. The second-order valence-corrected chi connectivity index (χ2v) is 10.8. The summed E-state index contributed by atoms with van der Waals surface area (Å²) in [6.07, 6.45) is 5.16. The summed E-state index contributed by atoms with van der Waals surface area (Å²) in [4.78, 5) is 25.1. The molecule has 0 spiro atoms. The van der Waals surface area contributed by atoms with Gasteiger partial charge >= 0.3 is 5.97 Å². The monoisotopic (exact) mass is 553 g/mol. The summed E-state index contributed by atoms with van der Waals surface area (Å²) < 4.78 is 6.39. The van der Waals surface area contributed by atoms with Gasteiger partial charge in [0, 0.05) is 10.6 Å². The van der Waals surface area contributed by atoms with Crippen molar-refractivity contribution in [2.24, 2.45) is 0 Å². The van der Waals surface area contributed by atoms with Crippen LogP contribution in [0.5, 0.6) is 0 Å². The molecule has 0 saturated heterocycles. The fourth-order valence-corrected chi connectivity index (χ4v) is 5.02. The van der Waals surface area contributed by atoms with Gasteiger partial charge in [-0.2, -0.15) is 11.8 Å². The minimum absolute atomic E-state index is 0.0914. The molecule has 2 N–H and O–H groups in total.